The molecule has 2 N–H and O–H groups in total. The Morgan fingerprint density at radius 1 is 0.844 bits per heavy atom. The molecule has 0 spiro atoms. The number of esters is 1. The zero-order chi connectivity index (χ0) is 33.1. The van der Waals surface area contributed by atoms with Crippen molar-refractivity contribution in [3.8, 4) is 17.2 Å². The van der Waals surface area contributed by atoms with E-state index in [2.05, 4.69) is 4.90 Å². The van der Waals surface area contributed by atoms with E-state index in [0.717, 1.165) is 42.1 Å². The summed E-state index contributed by atoms with van der Waals surface area (Å²) in [5.41, 5.74) is 3.82. The monoisotopic (exact) mass is 625 g/mol. The molecule has 236 valence electrons. The number of aromatic nitrogens is 1. The SMILES string of the molecule is CC(=O)Oc1ccc(N(CCCOc2cc(F)c(-n3c(N)c(C(=O)c4ccc(F)cc4F)ccc3=O)c(F)c2)C(C)(C)C)cc1. The first-order valence-electron chi connectivity index (χ1n) is 13.9. The topological polar surface area (TPSA) is 104 Å². The molecule has 0 saturated carbocycles. The zero-order valence-electron chi connectivity index (χ0n) is 25.0. The number of hydrogen-bond donors (Lipinski definition) is 1. The van der Waals surface area contributed by atoms with E-state index in [1.807, 2.05) is 32.9 Å². The summed E-state index contributed by atoms with van der Waals surface area (Å²) in [4.78, 5) is 38.9. The summed E-state index contributed by atoms with van der Waals surface area (Å²) < 4.78 is 69.3. The minimum atomic E-state index is -1.19. The van der Waals surface area contributed by atoms with Gasteiger partial charge in [-0.3, -0.25) is 19.0 Å². The van der Waals surface area contributed by atoms with E-state index in [9.17, 15) is 23.2 Å². The number of ketones is 1. The highest BCUT2D eigenvalue weighted by molar-refractivity contribution is 6.11. The van der Waals surface area contributed by atoms with Crippen LogP contribution in [0.1, 0.15) is 50.0 Å². The van der Waals surface area contributed by atoms with Gasteiger partial charge in [-0.1, -0.05) is 0 Å². The van der Waals surface area contributed by atoms with E-state index in [0.29, 0.717) is 29.3 Å². The summed E-state index contributed by atoms with van der Waals surface area (Å²) in [6.07, 6.45) is 0.463. The number of hydrogen-bond acceptors (Lipinski definition) is 7. The second-order valence-electron chi connectivity index (χ2n) is 11.1. The van der Waals surface area contributed by atoms with Gasteiger partial charge >= 0.3 is 5.97 Å². The fraction of sp³-hybridized carbons (Fsp3) is 0.242. The lowest BCUT2D eigenvalue weighted by Crippen LogP contribution is -2.42. The van der Waals surface area contributed by atoms with Gasteiger partial charge in [-0.25, -0.2) is 17.6 Å². The minimum absolute atomic E-state index is 0.0889. The molecule has 0 amide bonds. The molecule has 0 aliphatic carbocycles. The normalized spacial score (nSPS) is 11.3. The van der Waals surface area contributed by atoms with Crippen LogP contribution >= 0.6 is 0 Å². The Morgan fingerprint density at radius 2 is 1.47 bits per heavy atom. The van der Waals surface area contributed by atoms with Crippen molar-refractivity contribution in [2.45, 2.75) is 39.7 Å². The number of carbonyl (C=O) groups is 2. The van der Waals surface area contributed by atoms with Gasteiger partial charge in [-0.05, 0) is 69.7 Å². The van der Waals surface area contributed by atoms with Gasteiger partial charge in [0.2, 0.25) is 0 Å². The number of rotatable bonds is 10. The van der Waals surface area contributed by atoms with E-state index in [4.69, 9.17) is 15.2 Å². The van der Waals surface area contributed by atoms with Gasteiger partial charge in [-0.2, -0.15) is 0 Å². The maximum atomic E-state index is 15.3. The molecule has 12 heteroatoms. The van der Waals surface area contributed by atoms with Crippen molar-refractivity contribution in [1.82, 2.24) is 4.57 Å². The maximum Gasteiger partial charge on any atom is 0.308 e. The van der Waals surface area contributed by atoms with E-state index in [-0.39, 0.29) is 17.9 Å². The molecule has 3 aromatic carbocycles. The summed E-state index contributed by atoms with van der Waals surface area (Å²) in [5, 5.41) is 0. The van der Waals surface area contributed by atoms with Crippen LogP contribution in [0.3, 0.4) is 0 Å². The van der Waals surface area contributed by atoms with Gasteiger partial charge in [0.25, 0.3) is 5.56 Å². The van der Waals surface area contributed by atoms with Crippen molar-refractivity contribution in [2.24, 2.45) is 0 Å². The highest BCUT2D eigenvalue weighted by Crippen LogP contribution is 2.29. The number of nitrogens with zero attached hydrogens (tertiary/aromatic N) is 2. The average molecular weight is 626 g/mol. The van der Waals surface area contributed by atoms with Crippen molar-refractivity contribution in [3.63, 3.8) is 0 Å². The van der Waals surface area contributed by atoms with Crippen LogP contribution in [0.5, 0.6) is 11.5 Å². The van der Waals surface area contributed by atoms with Crippen LogP contribution in [-0.2, 0) is 4.79 Å². The number of benzene rings is 3. The van der Waals surface area contributed by atoms with Crippen LogP contribution in [-0.4, -0.2) is 35.0 Å². The molecule has 0 aliphatic heterocycles. The second kappa shape index (κ2) is 13.2. The zero-order valence-corrected chi connectivity index (χ0v) is 25.0. The molecule has 4 rings (SSSR count). The lowest BCUT2D eigenvalue weighted by molar-refractivity contribution is -0.131. The molecular formula is C33H31F4N3O5. The fourth-order valence-electron chi connectivity index (χ4n) is 4.76. The number of pyridine rings is 1. The van der Waals surface area contributed by atoms with Gasteiger partial charge in [0.1, 0.15) is 34.6 Å². The maximum absolute atomic E-state index is 15.3. The number of anilines is 2. The van der Waals surface area contributed by atoms with Crippen LogP contribution in [0.15, 0.2) is 71.5 Å². The lowest BCUT2D eigenvalue weighted by atomic mass is 10.0. The molecule has 0 saturated heterocycles. The summed E-state index contributed by atoms with van der Waals surface area (Å²) in [6, 6.07) is 12.9. The van der Waals surface area contributed by atoms with Crippen LogP contribution in [0.2, 0.25) is 0 Å². The van der Waals surface area contributed by atoms with E-state index < -0.39 is 63.2 Å². The Bertz CT molecular complexity index is 1780. The van der Waals surface area contributed by atoms with Crippen molar-refractivity contribution < 1.29 is 36.6 Å². The quantitative estimate of drug-likeness (QED) is 0.0735. The Morgan fingerprint density at radius 3 is 2.04 bits per heavy atom. The largest absolute Gasteiger partial charge is 0.493 e. The molecule has 8 nitrogen and oxygen atoms in total. The predicted molar refractivity (Wildman–Crippen MR) is 161 cm³/mol. The molecule has 0 bridgehead atoms. The van der Waals surface area contributed by atoms with Crippen LogP contribution in [0, 0.1) is 23.3 Å². The number of ether oxygens (including phenoxy) is 2. The summed E-state index contributed by atoms with van der Waals surface area (Å²) in [5.74, 6) is -6.26. The first-order valence-corrected chi connectivity index (χ1v) is 13.9. The Hall–Kier alpha value is -5.13. The van der Waals surface area contributed by atoms with Gasteiger partial charge in [0.05, 0.1) is 17.7 Å². The number of carbonyl (C=O) groups excluding carboxylic acids is 2. The van der Waals surface area contributed by atoms with E-state index in [1.54, 1.807) is 12.1 Å². The molecule has 0 fully saturated rings. The molecule has 0 unspecified atom stereocenters. The molecular weight excluding hydrogens is 594 g/mol. The third kappa shape index (κ3) is 7.51. The van der Waals surface area contributed by atoms with Gasteiger partial charge < -0.3 is 20.1 Å². The van der Waals surface area contributed by atoms with Crippen molar-refractivity contribution >= 4 is 23.3 Å². The average Bonchev–Trinajstić information content (AvgIpc) is 2.94. The van der Waals surface area contributed by atoms with Crippen LogP contribution in [0.4, 0.5) is 29.1 Å². The third-order valence-electron chi connectivity index (χ3n) is 6.78. The molecule has 0 atom stereocenters. The molecule has 0 radical (unpaired) electrons. The van der Waals surface area contributed by atoms with Gasteiger partial charge in [-0.15, -0.1) is 0 Å². The van der Waals surface area contributed by atoms with Crippen LogP contribution in [0.25, 0.3) is 5.69 Å². The molecule has 1 aromatic heterocycles. The Kier molecular flexibility index (Phi) is 9.65. The summed E-state index contributed by atoms with van der Waals surface area (Å²) >= 11 is 0. The first kappa shape index (κ1) is 32.8. The van der Waals surface area contributed by atoms with Gasteiger partial charge in [0, 0.05) is 49.0 Å². The highest BCUT2D eigenvalue weighted by Gasteiger charge is 2.24. The summed E-state index contributed by atoms with van der Waals surface area (Å²) in [6.45, 7) is 7.97. The predicted octanol–water partition coefficient (Wildman–Crippen LogP) is 6.21. The van der Waals surface area contributed by atoms with Crippen LogP contribution < -0.4 is 25.7 Å². The lowest BCUT2D eigenvalue weighted by Gasteiger charge is -2.38. The van der Waals surface area contributed by atoms with Crippen molar-refractivity contribution in [1.29, 1.82) is 0 Å². The van der Waals surface area contributed by atoms with Gasteiger partial charge in [0.15, 0.2) is 17.4 Å². The van der Waals surface area contributed by atoms with E-state index in [1.165, 1.54) is 6.92 Å². The van der Waals surface area contributed by atoms with E-state index >= 15 is 8.78 Å². The first-order chi connectivity index (χ1) is 21.2. The Labute approximate surface area is 256 Å². The second-order valence-corrected chi connectivity index (χ2v) is 11.1. The molecule has 0 aliphatic rings. The number of halogens is 4. The fourth-order valence-corrected chi connectivity index (χ4v) is 4.76. The Balaban J connectivity index is 1.51. The smallest absolute Gasteiger partial charge is 0.308 e. The highest BCUT2D eigenvalue weighted by atomic mass is 19.1. The molecule has 1 heterocycles. The number of nitrogen functional groups attached to an aromatic ring is 1. The standard InChI is InChI=1S/C33H31F4N3O5/c1-19(41)45-22-9-7-21(8-10-22)39(33(2,3)4)14-5-15-44-23-17-27(36)30(28(37)18-23)40-29(42)13-12-25(32(40)38)31(43)24-11-6-20(34)16-26(24)35/h6-13,16-18H,5,14-15,38H2,1-4H3. The minimum Gasteiger partial charge on any atom is -0.493 e. The third-order valence-corrected chi connectivity index (χ3v) is 6.78. The molecule has 45 heavy (non-hydrogen) atoms. The summed E-state index contributed by atoms with van der Waals surface area (Å²) in [7, 11) is 0. The van der Waals surface area contributed by atoms with Crippen molar-refractivity contribution in [2.75, 3.05) is 23.8 Å². The number of nitrogens with two attached hydrogens (primary N) is 1. The molecule has 4 aromatic rings. The van der Waals surface area contributed by atoms with Crippen molar-refractivity contribution in [3.05, 3.63) is 111 Å².